The number of aromatic nitrogens is 2. The fourth-order valence-corrected chi connectivity index (χ4v) is 6.85. The van der Waals surface area contributed by atoms with E-state index in [0.29, 0.717) is 26.4 Å². The minimum atomic E-state index is -0.646. The molecule has 7 nitrogen and oxygen atoms in total. The van der Waals surface area contributed by atoms with Crippen LogP contribution in [0.5, 0.6) is 5.75 Å². The number of benzene rings is 3. The number of ether oxygens (including phenoxy) is 2. The molecule has 0 radical (unpaired) electrons. The van der Waals surface area contributed by atoms with Gasteiger partial charge >= 0.3 is 5.97 Å². The Labute approximate surface area is 270 Å². The van der Waals surface area contributed by atoms with Crippen molar-refractivity contribution >= 4 is 23.4 Å². The lowest BCUT2D eigenvalue weighted by molar-refractivity contribution is -0.139. The zero-order valence-corrected chi connectivity index (χ0v) is 27.2. The van der Waals surface area contributed by atoms with Crippen LogP contribution >= 0.6 is 11.3 Å². The Balaban J connectivity index is 1.35. The summed E-state index contributed by atoms with van der Waals surface area (Å²) < 4.78 is 29.0. The molecule has 1 atom stereocenters. The van der Waals surface area contributed by atoms with E-state index in [9.17, 15) is 14.0 Å². The fraction of sp³-hybridized carbons (Fsp3) is 0.216. The van der Waals surface area contributed by atoms with Crippen molar-refractivity contribution in [1.82, 2.24) is 9.13 Å². The second-order valence-corrected chi connectivity index (χ2v) is 12.3. The van der Waals surface area contributed by atoms with Crippen LogP contribution in [0.3, 0.4) is 0 Å². The van der Waals surface area contributed by atoms with Crippen molar-refractivity contribution in [2.75, 3.05) is 6.61 Å². The van der Waals surface area contributed by atoms with E-state index in [2.05, 4.69) is 10.6 Å². The molecule has 1 aliphatic rings. The summed E-state index contributed by atoms with van der Waals surface area (Å²) in [5.41, 5.74) is 7.17. The van der Waals surface area contributed by atoms with Crippen LogP contribution in [0.2, 0.25) is 0 Å². The quantitative estimate of drug-likeness (QED) is 0.190. The minimum absolute atomic E-state index is 0.215. The van der Waals surface area contributed by atoms with Crippen LogP contribution in [-0.2, 0) is 16.1 Å². The predicted molar refractivity (Wildman–Crippen MR) is 178 cm³/mol. The van der Waals surface area contributed by atoms with Crippen molar-refractivity contribution in [2.45, 2.75) is 47.3 Å². The van der Waals surface area contributed by atoms with Gasteiger partial charge in [-0.3, -0.25) is 9.36 Å². The number of halogens is 1. The Morgan fingerprint density at radius 3 is 2.43 bits per heavy atom. The lowest BCUT2D eigenvalue weighted by Crippen LogP contribution is -2.39. The maximum Gasteiger partial charge on any atom is 0.338 e. The Kier molecular flexibility index (Phi) is 8.60. The van der Waals surface area contributed by atoms with Gasteiger partial charge in [0.25, 0.3) is 5.56 Å². The Bertz CT molecular complexity index is 2160. The van der Waals surface area contributed by atoms with Crippen LogP contribution in [-0.4, -0.2) is 21.7 Å². The second kappa shape index (κ2) is 12.8. The van der Waals surface area contributed by atoms with Crippen molar-refractivity contribution in [1.29, 1.82) is 0 Å². The highest BCUT2D eigenvalue weighted by Gasteiger charge is 2.33. The molecule has 0 unspecified atom stereocenters. The molecule has 0 aliphatic carbocycles. The molecular weight excluding hydrogens is 601 g/mol. The Hall–Kier alpha value is -5.02. The summed E-state index contributed by atoms with van der Waals surface area (Å²) in [6.07, 6.45) is 1.90. The van der Waals surface area contributed by atoms with Crippen molar-refractivity contribution in [2.24, 2.45) is 4.99 Å². The van der Waals surface area contributed by atoms with Crippen molar-refractivity contribution in [3.05, 3.63) is 149 Å². The Morgan fingerprint density at radius 2 is 1.74 bits per heavy atom. The van der Waals surface area contributed by atoms with Gasteiger partial charge in [0.2, 0.25) is 0 Å². The first kappa shape index (κ1) is 31.0. The monoisotopic (exact) mass is 635 g/mol. The second-order valence-electron chi connectivity index (χ2n) is 11.3. The van der Waals surface area contributed by atoms with Crippen LogP contribution in [0.25, 0.3) is 11.8 Å². The highest BCUT2D eigenvalue weighted by Crippen LogP contribution is 2.31. The third kappa shape index (κ3) is 5.98. The molecular formula is C37H34FN3O4S. The van der Waals surface area contributed by atoms with Gasteiger partial charge in [0, 0.05) is 17.1 Å². The maximum absolute atomic E-state index is 14.1. The molecule has 5 aromatic rings. The van der Waals surface area contributed by atoms with Gasteiger partial charge in [0.05, 0.1) is 28.5 Å². The van der Waals surface area contributed by atoms with Crippen molar-refractivity contribution < 1.29 is 18.7 Å². The number of rotatable bonds is 8. The summed E-state index contributed by atoms with van der Waals surface area (Å²) in [7, 11) is 0. The summed E-state index contributed by atoms with van der Waals surface area (Å²) >= 11 is 1.31. The first-order valence-electron chi connectivity index (χ1n) is 15.1. The molecule has 0 spiro atoms. The van der Waals surface area contributed by atoms with E-state index in [1.165, 1.54) is 23.5 Å². The van der Waals surface area contributed by atoms with E-state index in [4.69, 9.17) is 14.5 Å². The van der Waals surface area contributed by atoms with Crippen LogP contribution in [0.15, 0.2) is 99.9 Å². The topological polar surface area (TPSA) is 74.8 Å². The number of hydrogen-bond acceptors (Lipinski definition) is 6. The van der Waals surface area contributed by atoms with Crippen molar-refractivity contribution in [3.8, 4) is 11.4 Å². The first-order chi connectivity index (χ1) is 22.1. The molecule has 3 aromatic carbocycles. The van der Waals surface area contributed by atoms with Gasteiger partial charge in [-0.2, -0.15) is 0 Å². The number of carbonyl (C=O) groups excluding carboxylic acids is 1. The third-order valence-corrected chi connectivity index (χ3v) is 9.04. The summed E-state index contributed by atoms with van der Waals surface area (Å²) in [5, 5.41) is 0. The molecule has 3 heterocycles. The van der Waals surface area contributed by atoms with Crippen LogP contribution < -0.4 is 19.6 Å². The number of aryl methyl sites for hydroxylation is 2. The molecule has 46 heavy (non-hydrogen) atoms. The molecule has 2 aromatic heterocycles. The number of fused-ring (bicyclic) bond motifs is 1. The number of hydrogen-bond donors (Lipinski definition) is 0. The van der Waals surface area contributed by atoms with Gasteiger partial charge in [0.15, 0.2) is 4.80 Å². The zero-order chi connectivity index (χ0) is 32.5. The highest BCUT2D eigenvalue weighted by molar-refractivity contribution is 7.07. The number of carbonyl (C=O) groups is 1. The number of esters is 1. The predicted octanol–water partition coefficient (Wildman–Crippen LogP) is 6.23. The molecule has 0 saturated carbocycles. The van der Waals surface area contributed by atoms with Crippen LogP contribution in [0, 0.1) is 26.6 Å². The van der Waals surface area contributed by atoms with Crippen LogP contribution in [0.4, 0.5) is 4.39 Å². The molecule has 6 rings (SSSR count). The number of allylic oxidation sites excluding steroid dienone is 1. The largest absolute Gasteiger partial charge is 0.489 e. The lowest BCUT2D eigenvalue weighted by atomic mass is 9.95. The Morgan fingerprint density at radius 1 is 1.00 bits per heavy atom. The maximum atomic E-state index is 14.1. The fourth-order valence-electron chi connectivity index (χ4n) is 5.81. The minimum Gasteiger partial charge on any atom is -0.489 e. The van der Waals surface area contributed by atoms with Crippen LogP contribution in [0.1, 0.15) is 53.5 Å². The van der Waals surface area contributed by atoms with Gasteiger partial charge in [-0.25, -0.2) is 14.2 Å². The van der Waals surface area contributed by atoms with E-state index in [0.717, 1.165) is 39.3 Å². The molecule has 9 heteroatoms. The summed E-state index contributed by atoms with van der Waals surface area (Å²) in [5.74, 6) is -0.0864. The molecule has 1 aliphatic heterocycles. The van der Waals surface area contributed by atoms with Gasteiger partial charge in [-0.05, 0) is 99.8 Å². The van der Waals surface area contributed by atoms with E-state index in [1.54, 1.807) is 24.5 Å². The normalized spacial score (nSPS) is 14.7. The first-order valence-corrected chi connectivity index (χ1v) is 15.9. The van der Waals surface area contributed by atoms with Gasteiger partial charge in [-0.15, -0.1) is 0 Å². The SMILES string of the molecule is CCOC(=O)C1=C(C)N=c2s/c(=C\c3cc(C)n(-c4ccc(OCc5cccc(F)c5)cc4)c3C)c(=O)n2[C@H]1c1ccc(C)cc1. The molecule has 0 amide bonds. The molecule has 0 N–H and O–H groups in total. The number of thiazole rings is 1. The average Bonchev–Trinajstić information content (AvgIpc) is 3.49. The van der Waals surface area contributed by atoms with E-state index in [1.807, 2.05) is 81.4 Å². The lowest BCUT2D eigenvalue weighted by Gasteiger charge is -2.24. The van der Waals surface area contributed by atoms with E-state index < -0.39 is 12.0 Å². The zero-order valence-electron chi connectivity index (χ0n) is 26.3. The van der Waals surface area contributed by atoms with Gasteiger partial charge < -0.3 is 14.0 Å². The third-order valence-electron chi connectivity index (χ3n) is 8.06. The molecule has 0 saturated heterocycles. The smallest absolute Gasteiger partial charge is 0.338 e. The van der Waals surface area contributed by atoms with Gasteiger partial charge in [-0.1, -0.05) is 53.3 Å². The van der Waals surface area contributed by atoms with E-state index >= 15 is 0 Å². The highest BCUT2D eigenvalue weighted by atomic mass is 32.1. The molecule has 0 fully saturated rings. The molecule has 0 bridgehead atoms. The van der Waals surface area contributed by atoms with Gasteiger partial charge in [0.1, 0.15) is 18.2 Å². The van der Waals surface area contributed by atoms with Crippen molar-refractivity contribution in [3.63, 3.8) is 0 Å². The summed E-state index contributed by atoms with van der Waals surface area (Å²) in [4.78, 5) is 32.4. The number of nitrogens with zero attached hydrogens (tertiary/aromatic N) is 3. The summed E-state index contributed by atoms with van der Waals surface area (Å²) in [6.45, 7) is 10.1. The molecule has 234 valence electrons. The average molecular weight is 636 g/mol. The standard InChI is InChI=1S/C37H34FN3O4S/c1-6-44-36(43)33-24(4)39-37-41(34(33)27-12-10-22(2)11-13-27)35(42)32(46-37)20-28-18-23(3)40(25(28)5)30-14-16-31(17-15-30)45-21-26-8-7-9-29(38)19-26/h7-20,34H,6,21H2,1-5H3/b32-20-/t34-/m0/s1. The summed E-state index contributed by atoms with van der Waals surface area (Å²) in [6, 6.07) is 23.3. The van der Waals surface area contributed by atoms with E-state index in [-0.39, 0.29) is 24.6 Å².